The minimum atomic E-state index is -1.25. The smallest absolute Gasteiger partial charge is 0.327 e. The number of aliphatic imine (C=N–C) groups is 1. The maximum absolute atomic E-state index is 13.2. The molecule has 1 rings (SSSR count). The average molecular weight is 503 g/mol. The van der Waals surface area contributed by atoms with Crippen molar-refractivity contribution in [2.45, 2.75) is 62.7 Å². The molecule has 192 valence electrons. The molecule has 0 aromatic rings. The van der Waals surface area contributed by atoms with Gasteiger partial charge in [0.25, 0.3) is 0 Å². The maximum Gasteiger partial charge on any atom is 0.327 e. The molecule has 0 aliphatic carbocycles. The zero-order chi connectivity index (χ0) is 25.8. The quantitative estimate of drug-likeness (QED) is 0.0509. The summed E-state index contributed by atoms with van der Waals surface area (Å²) >= 11 is 3.91. The lowest BCUT2D eigenvalue weighted by atomic mass is 10.1. The van der Waals surface area contributed by atoms with Gasteiger partial charge in [0, 0.05) is 25.3 Å². The molecule has 4 atom stereocenters. The summed E-state index contributed by atoms with van der Waals surface area (Å²) in [6.07, 6.45) is 1.23. The Kier molecular flexibility index (Phi) is 12.1. The molecule has 0 aromatic carbocycles. The van der Waals surface area contributed by atoms with Gasteiger partial charge in [0.05, 0.1) is 6.04 Å². The summed E-state index contributed by atoms with van der Waals surface area (Å²) in [5, 5.41) is 14.0. The number of guanidine groups is 1. The predicted molar refractivity (Wildman–Crippen MR) is 126 cm³/mol. The normalized spacial score (nSPS) is 17.8. The van der Waals surface area contributed by atoms with Gasteiger partial charge >= 0.3 is 5.97 Å². The molecule has 4 unspecified atom stereocenters. The van der Waals surface area contributed by atoms with Crippen molar-refractivity contribution in [2.24, 2.45) is 27.9 Å². The highest BCUT2D eigenvalue weighted by Crippen LogP contribution is 2.20. The Hall–Kier alpha value is -3.07. The van der Waals surface area contributed by atoms with Gasteiger partial charge < -0.3 is 43.6 Å². The lowest BCUT2D eigenvalue weighted by molar-refractivity contribution is -0.144. The van der Waals surface area contributed by atoms with E-state index in [4.69, 9.17) is 28.0 Å². The van der Waals surface area contributed by atoms with Gasteiger partial charge in [-0.1, -0.05) is 0 Å². The minimum Gasteiger partial charge on any atom is -0.480 e. The fourth-order valence-corrected chi connectivity index (χ4v) is 3.68. The predicted octanol–water partition coefficient (Wildman–Crippen LogP) is -3.39. The van der Waals surface area contributed by atoms with Crippen molar-refractivity contribution in [2.75, 3.05) is 18.8 Å². The third-order valence-electron chi connectivity index (χ3n) is 5.23. The summed E-state index contributed by atoms with van der Waals surface area (Å²) in [6, 6.07) is -4.23. The zero-order valence-electron chi connectivity index (χ0n) is 18.8. The molecule has 1 saturated heterocycles. The molecule has 11 N–H and O–H groups in total. The molecule has 1 aliphatic rings. The second-order valence-corrected chi connectivity index (χ2v) is 8.26. The Balaban J connectivity index is 2.88. The standard InChI is InChI=1S/C19H34N8O6S/c20-10(3-1-7-24-19(22)23)15(29)25-11(5-6-14(21)28)17(31)27-8-2-4-13(27)16(30)26-12(9-34)18(32)33/h10-13,34H,1-9,20H2,(H2,21,28)(H,25,29)(H,26,30)(H,32,33)(H4,22,23,24). The van der Waals surface area contributed by atoms with E-state index in [1.165, 1.54) is 4.90 Å². The van der Waals surface area contributed by atoms with Gasteiger partial charge in [0.1, 0.15) is 18.1 Å². The molecule has 1 heterocycles. The van der Waals surface area contributed by atoms with E-state index in [1.807, 2.05) is 0 Å². The van der Waals surface area contributed by atoms with Crippen LogP contribution in [0.1, 0.15) is 38.5 Å². The maximum atomic E-state index is 13.2. The SMILES string of the molecule is NC(=O)CCC(NC(=O)C(N)CCCN=C(N)N)C(=O)N1CCCC1C(=O)NC(CS)C(=O)O. The highest BCUT2D eigenvalue weighted by atomic mass is 32.1. The molecule has 0 bridgehead atoms. The van der Waals surface area contributed by atoms with Gasteiger partial charge in [-0.2, -0.15) is 12.6 Å². The number of nitrogens with two attached hydrogens (primary N) is 4. The van der Waals surface area contributed by atoms with Crippen molar-refractivity contribution in [3.05, 3.63) is 0 Å². The van der Waals surface area contributed by atoms with E-state index in [-0.39, 0.29) is 44.1 Å². The Morgan fingerprint density at radius 1 is 1.09 bits per heavy atom. The van der Waals surface area contributed by atoms with Gasteiger partial charge in [0.2, 0.25) is 23.6 Å². The molecule has 0 aromatic heterocycles. The van der Waals surface area contributed by atoms with Gasteiger partial charge in [0.15, 0.2) is 5.96 Å². The van der Waals surface area contributed by atoms with E-state index >= 15 is 0 Å². The Bertz CT molecular complexity index is 791. The average Bonchev–Trinajstić information content (AvgIpc) is 3.26. The molecule has 34 heavy (non-hydrogen) atoms. The van der Waals surface area contributed by atoms with Crippen LogP contribution >= 0.6 is 12.6 Å². The van der Waals surface area contributed by atoms with Gasteiger partial charge in [-0.3, -0.25) is 24.2 Å². The number of hydrogen-bond donors (Lipinski definition) is 8. The topological polar surface area (TPSA) is 249 Å². The lowest BCUT2D eigenvalue weighted by Gasteiger charge is -2.29. The molecule has 1 fully saturated rings. The number of hydrogen-bond acceptors (Lipinski definition) is 8. The first-order valence-corrected chi connectivity index (χ1v) is 11.4. The molecule has 0 spiro atoms. The van der Waals surface area contributed by atoms with Crippen molar-refractivity contribution in [3.8, 4) is 0 Å². The third kappa shape index (κ3) is 9.43. The van der Waals surface area contributed by atoms with Crippen LogP contribution in [0.15, 0.2) is 4.99 Å². The Labute approximate surface area is 202 Å². The molecule has 4 amide bonds. The summed E-state index contributed by atoms with van der Waals surface area (Å²) in [4.78, 5) is 66.0. The largest absolute Gasteiger partial charge is 0.480 e. The highest BCUT2D eigenvalue weighted by Gasteiger charge is 2.39. The number of rotatable bonds is 14. The number of nitrogens with zero attached hydrogens (tertiary/aromatic N) is 2. The Morgan fingerprint density at radius 3 is 2.32 bits per heavy atom. The van der Waals surface area contributed by atoms with Crippen molar-refractivity contribution in [1.82, 2.24) is 15.5 Å². The van der Waals surface area contributed by atoms with Crippen LogP contribution in [-0.4, -0.2) is 88.6 Å². The number of carboxylic acids is 1. The van der Waals surface area contributed by atoms with Gasteiger partial charge in [-0.25, -0.2) is 4.79 Å². The molecular formula is C19H34N8O6S. The summed E-state index contributed by atoms with van der Waals surface area (Å²) in [7, 11) is 0. The fourth-order valence-electron chi connectivity index (χ4n) is 3.43. The van der Waals surface area contributed by atoms with Crippen LogP contribution in [0, 0.1) is 0 Å². The van der Waals surface area contributed by atoms with Crippen LogP contribution in [0.2, 0.25) is 0 Å². The van der Waals surface area contributed by atoms with E-state index in [2.05, 4.69) is 28.3 Å². The number of likely N-dealkylation sites (tertiary alicyclic amines) is 1. The van der Waals surface area contributed by atoms with E-state index in [1.54, 1.807) is 0 Å². The number of carbonyl (C=O) groups is 5. The molecular weight excluding hydrogens is 468 g/mol. The van der Waals surface area contributed by atoms with Crippen LogP contribution in [0.5, 0.6) is 0 Å². The minimum absolute atomic E-state index is 0.0802. The number of carboxylic acid groups (broad SMARTS) is 1. The second kappa shape index (κ2) is 14.2. The summed E-state index contributed by atoms with van der Waals surface area (Å²) in [5.74, 6) is -3.96. The zero-order valence-corrected chi connectivity index (χ0v) is 19.7. The van der Waals surface area contributed by atoms with Crippen LogP contribution in [-0.2, 0) is 24.0 Å². The first kappa shape index (κ1) is 29.0. The number of amides is 4. The van der Waals surface area contributed by atoms with Gasteiger partial charge in [-0.05, 0) is 32.1 Å². The number of carbonyl (C=O) groups excluding carboxylic acids is 4. The molecule has 15 heteroatoms. The summed E-state index contributed by atoms with van der Waals surface area (Å²) < 4.78 is 0. The summed E-state index contributed by atoms with van der Waals surface area (Å²) in [5.41, 5.74) is 21.6. The first-order valence-electron chi connectivity index (χ1n) is 10.8. The van der Waals surface area contributed by atoms with E-state index < -0.39 is 53.8 Å². The summed E-state index contributed by atoms with van der Waals surface area (Å²) in [6.45, 7) is 0.505. The fraction of sp³-hybridized carbons (Fsp3) is 0.684. The molecule has 0 radical (unpaired) electrons. The first-order chi connectivity index (χ1) is 16.0. The third-order valence-corrected chi connectivity index (χ3v) is 5.60. The van der Waals surface area contributed by atoms with E-state index in [0.717, 1.165) is 0 Å². The van der Waals surface area contributed by atoms with Crippen molar-refractivity contribution < 1.29 is 29.1 Å². The lowest BCUT2D eigenvalue weighted by Crippen LogP contribution is -2.57. The van der Waals surface area contributed by atoms with Crippen LogP contribution in [0.25, 0.3) is 0 Å². The van der Waals surface area contributed by atoms with E-state index in [9.17, 15) is 24.0 Å². The highest BCUT2D eigenvalue weighted by molar-refractivity contribution is 7.80. The van der Waals surface area contributed by atoms with Crippen molar-refractivity contribution in [3.63, 3.8) is 0 Å². The second-order valence-electron chi connectivity index (χ2n) is 7.89. The number of aliphatic carboxylic acids is 1. The number of thiol groups is 1. The van der Waals surface area contributed by atoms with Crippen molar-refractivity contribution >= 4 is 48.2 Å². The number of primary amides is 1. The van der Waals surface area contributed by atoms with Gasteiger partial charge in [-0.15, -0.1) is 0 Å². The monoisotopic (exact) mass is 502 g/mol. The molecule has 14 nitrogen and oxygen atoms in total. The number of nitrogens with one attached hydrogen (secondary N) is 2. The van der Waals surface area contributed by atoms with Crippen LogP contribution in [0.3, 0.4) is 0 Å². The van der Waals surface area contributed by atoms with Crippen LogP contribution in [0.4, 0.5) is 0 Å². The molecule has 1 aliphatic heterocycles. The Morgan fingerprint density at radius 2 is 1.76 bits per heavy atom. The van der Waals surface area contributed by atoms with Crippen molar-refractivity contribution in [1.29, 1.82) is 0 Å². The van der Waals surface area contributed by atoms with Crippen LogP contribution < -0.4 is 33.6 Å². The molecule has 0 saturated carbocycles. The van der Waals surface area contributed by atoms with E-state index in [0.29, 0.717) is 19.3 Å².